The monoisotopic (exact) mass is 142 g/mol. The van der Waals surface area contributed by atoms with Crippen molar-refractivity contribution in [1.29, 1.82) is 0 Å². The molecule has 1 rings (SSSR count). The minimum Gasteiger partial charge on any atom is -0.328 e. The van der Waals surface area contributed by atoms with E-state index in [-0.39, 0.29) is 0 Å². The van der Waals surface area contributed by atoms with Gasteiger partial charge in [-0.15, -0.1) is 0 Å². The Hall–Kier alpha value is -0.0400. The van der Waals surface area contributed by atoms with Crippen LogP contribution in [0.15, 0.2) is 0 Å². The maximum atomic E-state index is 2.35. The van der Waals surface area contributed by atoms with Crippen LogP contribution in [0.1, 0.15) is 26.2 Å². The summed E-state index contributed by atoms with van der Waals surface area (Å²) < 4.78 is 1.25. The molecule has 1 aliphatic heterocycles. The fraction of sp³-hybridized carbons (Fsp3) is 1.00. The minimum atomic E-state index is 1.00. The van der Waals surface area contributed by atoms with Crippen LogP contribution in [0.3, 0.4) is 0 Å². The van der Waals surface area contributed by atoms with E-state index in [0.29, 0.717) is 0 Å². The summed E-state index contributed by atoms with van der Waals surface area (Å²) in [5, 5.41) is 0. The second-order valence-electron chi connectivity index (χ2n) is 4.26. The van der Waals surface area contributed by atoms with Gasteiger partial charge in [-0.1, -0.05) is 6.92 Å². The molecule has 1 atom stereocenters. The van der Waals surface area contributed by atoms with Crippen LogP contribution in [-0.4, -0.2) is 31.7 Å². The molecular formula is C9H20N+. The lowest BCUT2D eigenvalue weighted by Crippen LogP contribution is -2.47. The van der Waals surface area contributed by atoms with Crippen LogP contribution in [-0.2, 0) is 0 Å². The highest BCUT2D eigenvalue weighted by molar-refractivity contribution is 4.61. The van der Waals surface area contributed by atoms with Gasteiger partial charge in [-0.05, 0) is 19.3 Å². The smallest absolute Gasteiger partial charge is 0.0811 e. The summed E-state index contributed by atoms with van der Waals surface area (Å²) in [4.78, 5) is 0. The van der Waals surface area contributed by atoms with Gasteiger partial charge in [0.1, 0.15) is 0 Å². The van der Waals surface area contributed by atoms with Gasteiger partial charge >= 0.3 is 0 Å². The summed E-state index contributed by atoms with van der Waals surface area (Å²) in [6.45, 7) is 5.10. The Morgan fingerprint density at radius 3 is 2.50 bits per heavy atom. The standard InChI is InChI=1S/C9H20N/c1-4-9-6-5-7-10(2,3)8-9/h9H,4-8H2,1-3H3/q+1. The Bertz CT molecular complexity index is 107. The molecule has 1 heteroatoms. The number of rotatable bonds is 1. The third-order valence-electron chi connectivity index (χ3n) is 2.71. The molecule has 10 heavy (non-hydrogen) atoms. The molecule has 1 nitrogen and oxygen atoms in total. The van der Waals surface area contributed by atoms with E-state index in [1.165, 1.54) is 36.8 Å². The molecule has 0 aromatic carbocycles. The number of likely N-dealkylation sites (tertiary alicyclic amines) is 1. The molecule has 0 aromatic heterocycles. The van der Waals surface area contributed by atoms with Crippen molar-refractivity contribution in [2.45, 2.75) is 26.2 Å². The zero-order valence-electron chi connectivity index (χ0n) is 7.56. The molecule has 1 aliphatic rings. The molecule has 0 radical (unpaired) electrons. The Morgan fingerprint density at radius 1 is 1.40 bits per heavy atom. The van der Waals surface area contributed by atoms with E-state index in [1.54, 1.807) is 0 Å². The molecule has 0 N–H and O–H groups in total. The van der Waals surface area contributed by atoms with Gasteiger partial charge in [-0.3, -0.25) is 0 Å². The molecular weight excluding hydrogens is 122 g/mol. The lowest BCUT2D eigenvalue weighted by atomic mass is 9.95. The number of quaternary nitrogens is 1. The first-order valence-corrected chi connectivity index (χ1v) is 4.46. The van der Waals surface area contributed by atoms with Crippen molar-refractivity contribution in [2.24, 2.45) is 5.92 Å². The molecule has 1 fully saturated rings. The van der Waals surface area contributed by atoms with Crippen molar-refractivity contribution >= 4 is 0 Å². The van der Waals surface area contributed by atoms with Crippen molar-refractivity contribution in [3.63, 3.8) is 0 Å². The van der Waals surface area contributed by atoms with Crippen molar-refractivity contribution in [3.05, 3.63) is 0 Å². The summed E-state index contributed by atoms with van der Waals surface area (Å²) in [5.74, 6) is 1.00. The van der Waals surface area contributed by atoms with E-state index in [9.17, 15) is 0 Å². The molecule has 0 spiro atoms. The number of hydrogen-bond acceptors (Lipinski definition) is 0. The van der Waals surface area contributed by atoms with Crippen molar-refractivity contribution in [1.82, 2.24) is 0 Å². The Morgan fingerprint density at radius 2 is 2.10 bits per heavy atom. The largest absolute Gasteiger partial charge is 0.328 e. The van der Waals surface area contributed by atoms with E-state index in [2.05, 4.69) is 21.0 Å². The van der Waals surface area contributed by atoms with Gasteiger partial charge in [-0.25, -0.2) is 0 Å². The SMILES string of the molecule is CCC1CCC[N+](C)(C)C1. The quantitative estimate of drug-likeness (QED) is 0.490. The molecule has 0 bridgehead atoms. The topological polar surface area (TPSA) is 0 Å². The second kappa shape index (κ2) is 2.91. The van der Waals surface area contributed by atoms with E-state index in [4.69, 9.17) is 0 Å². The van der Waals surface area contributed by atoms with Crippen LogP contribution in [0.4, 0.5) is 0 Å². The zero-order chi connectivity index (χ0) is 7.61. The molecule has 1 saturated heterocycles. The maximum Gasteiger partial charge on any atom is 0.0811 e. The van der Waals surface area contributed by atoms with Crippen LogP contribution in [0.25, 0.3) is 0 Å². The molecule has 1 heterocycles. The fourth-order valence-corrected chi connectivity index (χ4v) is 2.02. The van der Waals surface area contributed by atoms with Gasteiger partial charge in [0.05, 0.1) is 27.2 Å². The summed E-state index contributed by atoms with van der Waals surface area (Å²) in [6.07, 6.45) is 4.28. The average Bonchev–Trinajstić information content (AvgIpc) is 1.86. The lowest BCUT2D eigenvalue weighted by Gasteiger charge is -2.37. The van der Waals surface area contributed by atoms with Crippen LogP contribution in [0, 0.1) is 5.92 Å². The number of hydrogen-bond donors (Lipinski definition) is 0. The Balaban J connectivity index is 2.40. The molecule has 1 unspecified atom stereocenters. The first-order valence-electron chi connectivity index (χ1n) is 4.46. The fourth-order valence-electron chi connectivity index (χ4n) is 2.02. The first-order chi connectivity index (χ1) is 4.64. The predicted molar refractivity (Wildman–Crippen MR) is 44.9 cm³/mol. The molecule has 0 saturated carbocycles. The second-order valence-corrected chi connectivity index (χ2v) is 4.26. The highest BCUT2D eigenvalue weighted by Crippen LogP contribution is 2.21. The summed E-state index contributed by atoms with van der Waals surface area (Å²) in [5.41, 5.74) is 0. The van der Waals surface area contributed by atoms with E-state index in [0.717, 1.165) is 5.92 Å². The van der Waals surface area contributed by atoms with Crippen LogP contribution >= 0.6 is 0 Å². The minimum absolute atomic E-state index is 1.00. The van der Waals surface area contributed by atoms with Gasteiger partial charge in [0, 0.05) is 5.92 Å². The summed E-state index contributed by atoms with van der Waals surface area (Å²) in [6, 6.07) is 0. The highest BCUT2D eigenvalue weighted by Gasteiger charge is 2.25. The normalized spacial score (nSPS) is 32.1. The summed E-state index contributed by atoms with van der Waals surface area (Å²) in [7, 11) is 4.70. The third-order valence-corrected chi connectivity index (χ3v) is 2.71. The molecule has 60 valence electrons. The predicted octanol–water partition coefficient (Wildman–Crippen LogP) is 1.88. The van der Waals surface area contributed by atoms with E-state index < -0.39 is 0 Å². The first kappa shape index (κ1) is 8.06. The van der Waals surface area contributed by atoms with Crippen molar-refractivity contribution in [3.8, 4) is 0 Å². The van der Waals surface area contributed by atoms with Gasteiger partial charge in [0.25, 0.3) is 0 Å². The third kappa shape index (κ3) is 1.98. The number of piperidine rings is 1. The maximum absolute atomic E-state index is 2.35. The van der Waals surface area contributed by atoms with Crippen molar-refractivity contribution in [2.75, 3.05) is 27.2 Å². The molecule has 0 amide bonds. The van der Waals surface area contributed by atoms with Gasteiger partial charge in [0.2, 0.25) is 0 Å². The van der Waals surface area contributed by atoms with Crippen LogP contribution < -0.4 is 0 Å². The van der Waals surface area contributed by atoms with E-state index >= 15 is 0 Å². The Labute approximate surface area is 64.6 Å². The van der Waals surface area contributed by atoms with Crippen LogP contribution in [0.2, 0.25) is 0 Å². The Kier molecular flexibility index (Phi) is 2.35. The zero-order valence-corrected chi connectivity index (χ0v) is 7.56. The van der Waals surface area contributed by atoms with Gasteiger partial charge in [0.15, 0.2) is 0 Å². The highest BCUT2D eigenvalue weighted by atomic mass is 15.3. The van der Waals surface area contributed by atoms with Gasteiger partial charge in [-0.2, -0.15) is 0 Å². The van der Waals surface area contributed by atoms with E-state index in [1.807, 2.05) is 0 Å². The average molecular weight is 142 g/mol. The van der Waals surface area contributed by atoms with Gasteiger partial charge < -0.3 is 4.48 Å². The summed E-state index contributed by atoms with van der Waals surface area (Å²) >= 11 is 0. The molecule has 0 aliphatic carbocycles. The lowest BCUT2D eigenvalue weighted by molar-refractivity contribution is -0.898. The van der Waals surface area contributed by atoms with Crippen LogP contribution in [0.5, 0.6) is 0 Å². The van der Waals surface area contributed by atoms with Crippen molar-refractivity contribution < 1.29 is 4.48 Å². The number of nitrogens with zero attached hydrogens (tertiary/aromatic N) is 1. The molecule has 0 aromatic rings.